The minimum absolute atomic E-state index is 0.420. The summed E-state index contributed by atoms with van der Waals surface area (Å²) < 4.78 is 0. The second-order valence-corrected chi connectivity index (χ2v) is 6.37. The minimum Gasteiger partial charge on any atom is -0.389 e. The van der Waals surface area contributed by atoms with Gasteiger partial charge < -0.3 is 11.1 Å². The van der Waals surface area contributed by atoms with Gasteiger partial charge in [-0.25, -0.2) is 4.98 Å². The van der Waals surface area contributed by atoms with E-state index >= 15 is 0 Å². The highest BCUT2D eigenvalue weighted by atomic mass is 32.2. The zero-order valence-corrected chi connectivity index (χ0v) is 12.5. The standard InChI is InChI=1S/C13H19N3S2/c1-8-5-9(2)16-13(11(8)12(14)17)15-6-10-3-4-18-7-10/h5,10H,3-4,6-7H2,1-2H3,(H2,14,17)(H,15,16). The number of thiocarbonyl (C=S) groups is 1. The molecule has 0 bridgehead atoms. The minimum atomic E-state index is 0.420. The van der Waals surface area contributed by atoms with E-state index in [2.05, 4.69) is 10.3 Å². The highest BCUT2D eigenvalue weighted by molar-refractivity contribution is 7.99. The van der Waals surface area contributed by atoms with Crippen LogP contribution < -0.4 is 11.1 Å². The summed E-state index contributed by atoms with van der Waals surface area (Å²) in [6, 6.07) is 2.02. The third-order valence-corrected chi connectivity index (χ3v) is 4.61. The molecule has 1 aliphatic rings. The quantitative estimate of drug-likeness (QED) is 0.831. The Bertz CT molecular complexity index is 454. The van der Waals surface area contributed by atoms with Gasteiger partial charge in [0.25, 0.3) is 0 Å². The third kappa shape index (κ3) is 3.14. The van der Waals surface area contributed by atoms with E-state index in [9.17, 15) is 0 Å². The summed E-state index contributed by atoms with van der Waals surface area (Å²) in [6.45, 7) is 4.98. The normalized spacial score (nSPS) is 18.9. The molecule has 0 saturated carbocycles. The average Bonchev–Trinajstić information content (AvgIpc) is 2.77. The van der Waals surface area contributed by atoms with Crippen LogP contribution in [0.5, 0.6) is 0 Å². The molecule has 3 N–H and O–H groups in total. The van der Waals surface area contributed by atoms with Crippen LogP contribution in [0.4, 0.5) is 5.82 Å². The molecule has 1 atom stereocenters. The van der Waals surface area contributed by atoms with Crippen molar-refractivity contribution in [2.45, 2.75) is 20.3 Å². The number of aromatic nitrogens is 1. The first-order chi connectivity index (χ1) is 8.58. The van der Waals surface area contributed by atoms with Crippen molar-refractivity contribution in [2.24, 2.45) is 11.7 Å². The second kappa shape index (κ2) is 5.89. The van der Waals surface area contributed by atoms with Crippen molar-refractivity contribution in [1.29, 1.82) is 0 Å². The topological polar surface area (TPSA) is 50.9 Å². The first kappa shape index (κ1) is 13.6. The van der Waals surface area contributed by atoms with Gasteiger partial charge in [0.1, 0.15) is 10.8 Å². The molecule has 5 heteroatoms. The molecule has 1 fully saturated rings. The van der Waals surface area contributed by atoms with Gasteiger partial charge in [-0.05, 0) is 49.3 Å². The molecule has 0 aromatic carbocycles. The first-order valence-electron chi connectivity index (χ1n) is 6.17. The van der Waals surface area contributed by atoms with Gasteiger partial charge in [-0.15, -0.1) is 0 Å². The maximum absolute atomic E-state index is 5.80. The molecule has 3 nitrogen and oxygen atoms in total. The summed E-state index contributed by atoms with van der Waals surface area (Å²) in [7, 11) is 0. The molecule has 1 saturated heterocycles. The number of aryl methyl sites for hydroxylation is 2. The SMILES string of the molecule is Cc1cc(C)c(C(N)=S)c(NCC2CCSC2)n1. The molecule has 1 unspecified atom stereocenters. The number of hydrogen-bond donors (Lipinski definition) is 2. The molecule has 2 heterocycles. The predicted molar refractivity (Wildman–Crippen MR) is 83.5 cm³/mol. The van der Waals surface area contributed by atoms with Crippen molar-refractivity contribution in [2.75, 3.05) is 23.4 Å². The Hall–Kier alpha value is -0.810. The van der Waals surface area contributed by atoms with Crippen LogP contribution in [-0.2, 0) is 0 Å². The second-order valence-electron chi connectivity index (χ2n) is 4.78. The van der Waals surface area contributed by atoms with E-state index in [1.54, 1.807) is 0 Å². The van der Waals surface area contributed by atoms with E-state index in [1.165, 1.54) is 17.9 Å². The maximum atomic E-state index is 5.80. The van der Waals surface area contributed by atoms with Gasteiger partial charge in [-0.1, -0.05) is 12.2 Å². The van der Waals surface area contributed by atoms with Gasteiger partial charge >= 0.3 is 0 Å². The highest BCUT2D eigenvalue weighted by Gasteiger charge is 2.17. The van der Waals surface area contributed by atoms with Crippen LogP contribution in [0.2, 0.25) is 0 Å². The van der Waals surface area contributed by atoms with Crippen molar-refractivity contribution < 1.29 is 0 Å². The molecule has 18 heavy (non-hydrogen) atoms. The van der Waals surface area contributed by atoms with E-state index < -0.39 is 0 Å². The van der Waals surface area contributed by atoms with E-state index in [0.717, 1.165) is 35.1 Å². The van der Waals surface area contributed by atoms with Crippen LogP contribution in [-0.4, -0.2) is 28.0 Å². The largest absolute Gasteiger partial charge is 0.389 e. The summed E-state index contributed by atoms with van der Waals surface area (Å²) in [4.78, 5) is 4.95. The average molecular weight is 281 g/mol. The monoisotopic (exact) mass is 281 g/mol. The number of hydrogen-bond acceptors (Lipinski definition) is 4. The Kier molecular flexibility index (Phi) is 4.45. The van der Waals surface area contributed by atoms with Crippen molar-refractivity contribution in [1.82, 2.24) is 4.98 Å². The van der Waals surface area contributed by atoms with E-state index in [1.807, 2.05) is 31.7 Å². The number of nitrogens with zero attached hydrogens (tertiary/aromatic N) is 1. The molecular formula is C13H19N3S2. The Labute approximate surface area is 118 Å². The summed E-state index contributed by atoms with van der Waals surface area (Å²) in [6.07, 6.45) is 1.28. The van der Waals surface area contributed by atoms with Crippen molar-refractivity contribution >= 4 is 34.8 Å². The summed E-state index contributed by atoms with van der Waals surface area (Å²) >= 11 is 7.15. The van der Waals surface area contributed by atoms with E-state index in [0.29, 0.717) is 4.99 Å². The van der Waals surface area contributed by atoms with Crippen LogP contribution in [0, 0.1) is 19.8 Å². The highest BCUT2D eigenvalue weighted by Crippen LogP contribution is 2.25. The number of pyridine rings is 1. The zero-order chi connectivity index (χ0) is 13.1. The number of thioether (sulfide) groups is 1. The summed E-state index contributed by atoms with van der Waals surface area (Å²) in [5.74, 6) is 4.09. The van der Waals surface area contributed by atoms with Crippen molar-refractivity contribution in [3.05, 3.63) is 22.9 Å². The van der Waals surface area contributed by atoms with Crippen LogP contribution in [0.15, 0.2) is 6.07 Å². The van der Waals surface area contributed by atoms with Crippen LogP contribution >= 0.6 is 24.0 Å². The van der Waals surface area contributed by atoms with Crippen molar-refractivity contribution in [3.8, 4) is 0 Å². The lowest BCUT2D eigenvalue weighted by molar-refractivity contribution is 0.630. The molecular weight excluding hydrogens is 262 g/mol. The van der Waals surface area contributed by atoms with Gasteiger partial charge in [0, 0.05) is 12.2 Å². The molecule has 1 aliphatic heterocycles. The molecule has 1 aromatic heterocycles. The first-order valence-corrected chi connectivity index (χ1v) is 7.74. The van der Waals surface area contributed by atoms with Crippen LogP contribution in [0.1, 0.15) is 23.2 Å². The molecule has 2 rings (SSSR count). The number of anilines is 1. The molecule has 0 amide bonds. The number of rotatable bonds is 4. The molecule has 0 aliphatic carbocycles. The number of nitrogens with one attached hydrogen (secondary N) is 1. The molecule has 98 valence electrons. The van der Waals surface area contributed by atoms with Gasteiger partial charge in [0.2, 0.25) is 0 Å². The Morgan fingerprint density at radius 3 is 3.00 bits per heavy atom. The maximum Gasteiger partial charge on any atom is 0.136 e. The Morgan fingerprint density at radius 1 is 1.61 bits per heavy atom. The van der Waals surface area contributed by atoms with Crippen molar-refractivity contribution in [3.63, 3.8) is 0 Å². The van der Waals surface area contributed by atoms with Crippen LogP contribution in [0.3, 0.4) is 0 Å². The molecule has 0 radical (unpaired) electrons. The fourth-order valence-electron chi connectivity index (χ4n) is 2.26. The lowest BCUT2D eigenvalue weighted by Gasteiger charge is -2.16. The van der Waals surface area contributed by atoms with Crippen LogP contribution in [0.25, 0.3) is 0 Å². The van der Waals surface area contributed by atoms with Gasteiger partial charge in [0.05, 0.1) is 5.56 Å². The van der Waals surface area contributed by atoms with E-state index in [-0.39, 0.29) is 0 Å². The molecule has 0 spiro atoms. The Balaban J connectivity index is 2.16. The van der Waals surface area contributed by atoms with E-state index in [4.69, 9.17) is 18.0 Å². The predicted octanol–water partition coefficient (Wildman–Crippen LogP) is 2.50. The fraction of sp³-hybridized carbons (Fsp3) is 0.538. The van der Waals surface area contributed by atoms with Gasteiger partial charge in [-0.3, -0.25) is 0 Å². The van der Waals surface area contributed by atoms with Gasteiger partial charge in [-0.2, -0.15) is 11.8 Å². The smallest absolute Gasteiger partial charge is 0.136 e. The lowest BCUT2D eigenvalue weighted by Crippen LogP contribution is -2.20. The lowest BCUT2D eigenvalue weighted by atomic mass is 10.1. The summed E-state index contributed by atoms with van der Waals surface area (Å²) in [5.41, 5.74) is 8.78. The fourth-order valence-corrected chi connectivity index (χ4v) is 3.80. The molecule has 1 aromatic rings. The zero-order valence-electron chi connectivity index (χ0n) is 10.8. The Morgan fingerprint density at radius 2 is 2.39 bits per heavy atom. The third-order valence-electron chi connectivity index (χ3n) is 3.17. The summed E-state index contributed by atoms with van der Waals surface area (Å²) in [5, 5.41) is 3.43. The van der Waals surface area contributed by atoms with Gasteiger partial charge in [0.15, 0.2) is 0 Å². The number of nitrogens with two attached hydrogens (primary N) is 1.